The van der Waals surface area contributed by atoms with Crippen LogP contribution in [0.2, 0.25) is 0 Å². The molecule has 0 bridgehead atoms. The summed E-state index contributed by atoms with van der Waals surface area (Å²) in [4.78, 5) is 0. The first-order chi connectivity index (χ1) is 8.66. The van der Waals surface area contributed by atoms with Crippen molar-refractivity contribution >= 4 is 11.3 Å². The number of benzene rings is 1. The molecule has 2 nitrogen and oxygen atoms in total. The van der Waals surface area contributed by atoms with E-state index in [1.165, 1.54) is 6.07 Å². The molecular formula is C14H16FNOS. The minimum absolute atomic E-state index is 0.0182. The summed E-state index contributed by atoms with van der Waals surface area (Å²) >= 11 is 1.60. The number of nitrogens with two attached hydrogens (primary N) is 1. The number of ether oxygens (including phenoxy) is 1. The van der Waals surface area contributed by atoms with Gasteiger partial charge in [0, 0.05) is 6.04 Å². The molecule has 2 aromatic rings. The zero-order chi connectivity index (χ0) is 13.0. The quantitative estimate of drug-likeness (QED) is 0.899. The second-order valence-corrected chi connectivity index (χ2v) is 5.11. The van der Waals surface area contributed by atoms with Gasteiger partial charge in [-0.3, -0.25) is 0 Å². The van der Waals surface area contributed by atoms with Gasteiger partial charge in [0.15, 0.2) is 11.6 Å². The van der Waals surface area contributed by atoms with Gasteiger partial charge < -0.3 is 10.5 Å². The van der Waals surface area contributed by atoms with E-state index in [0.717, 1.165) is 11.1 Å². The molecular weight excluding hydrogens is 249 g/mol. The van der Waals surface area contributed by atoms with Crippen molar-refractivity contribution in [2.75, 3.05) is 0 Å². The lowest BCUT2D eigenvalue weighted by molar-refractivity contribution is 0.287. The highest BCUT2D eigenvalue weighted by Crippen LogP contribution is 2.25. The molecule has 1 atom stereocenters. The third-order valence-electron chi connectivity index (χ3n) is 2.55. The van der Waals surface area contributed by atoms with E-state index in [9.17, 15) is 4.39 Å². The molecule has 0 amide bonds. The molecule has 0 aliphatic carbocycles. The predicted molar refractivity (Wildman–Crippen MR) is 72.4 cm³/mol. The van der Waals surface area contributed by atoms with Crippen LogP contribution >= 0.6 is 11.3 Å². The number of halogens is 1. The Labute approximate surface area is 110 Å². The van der Waals surface area contributed by atoms with Crippen LogP contribution in [-0.2, 0) is 13.0 Å². The molecule has 1 aromatic heterocycles. The van der Waals surface area contributed by atoms with Crippen molar-refractivity contribution in [3.05, 3.63) is 52.0 Å². The van der Waals surface area contributed by atoms with E-state index >= 15 is 0 Å². The summed E-state index contributed by atoms with van der Waals surface area (Å²) in [5.41, 5.74) is 7.63. The van der Waals surface area contributed by atoms with Gasteiger partial charge in [0.1, 0.15) is 6.61 Å². The van der Waals surface area contributed by atoms with Crippen LogP contribution in [0.15, 0.2) is 35.0 Å². The van der Waals surface area contributed by atoms with Crippen molar-refractivity contribution in [1.82, 2.24) is 0 Å². The van der Waals surface area contributed by atoms with Gasteiger partial charge in [-0.15, -0.1) is 0 Å². The van der Waals surface area contributed by atoms with Gasteiger partial charge in [-0.25, -0.2) is 4.39 Å². The molecule has 2 N–H and O–H groups in total. The van der Waals surface area contributed by atoms with E-state index in [1.54, 1.807) is 17.4 Å². The fourth-order valence-electron chi connectivity index (χ4n) is 1.75. The van der Waals surface area contributed by atoms with Crippen molar-refractivity contribution in [2.24, 2.45) is 5.73 Å². The van der Waals surface area contributed by atoms with Crippen LogP contribution in [0.25, 0.3) is 0 Å². The van der Waals surface area contributed by atoms with Crippen LogP contribution in [0.3, 0.4) is 0 Å². The van der Waals surface area contributed by atoms with Gasteiger partial charge in [-0.2, -0.15) is 11.3 Å². The van der Waals surface area contributed by atoms with Crippen LogP contribution in [0, 0.1) is 5.82 Å². The molecule has 96 valence electrons. The van der Waals surface area contributed by atoms with Gasteiger partial charge in [-0.05, 0) is 47.4 Å². The third-order valence-corrected chi connectivity index (χ3v) is 3.29. The Hall–Kier alpha value is -1.39. The second-order valence-electron chi connectivity index (χ2n) is 4.33. The highest BCUT2D eigenvalue weighted by molar-refractivity contribution is 7.07. The summed E-state index contributed by atoms with van der Waals surface area (Å²) in [5, 5.41) is 3.97. The maximum Gasteiger partial charge on any atom is 0.165 e. The smallest absolute Gasteiger partial charge is 0.165 e. The number of thiophene rings is 1. The zero-order valence-electron chi connectivity index (χ0n) is 10.2. The van der Waals surface area contributed by atoms with Crippen LogP contribution < -0.4 is 10.5 Å². The molecule has 4 heteroatoms. The third kappa shape index (κ3) is 3.31. The summed E-state index contributed by atoms with van der Waals surface area (Å²) in [7, 11) is 0. The highest BCUT2D eigenvalue weighted by atomic mass is 32.1. The number of hydrogen-bond acceptors (Lipinski definition) is 3. The number of para-hydroxylation sites is 1. The molecule has 1 heterocycles. The van der Waals surface area contributed by atoms with Crippen LogP contribution in [0.5, 0.6) is 5.75 Å². The minimum Gasteiger partial charge on any atom is -0.486 e. The Morgan fingerprint density at radius 2 is 2.22 bits per heavy atom. The lowest BCUT2D eigenvalue weighted by atomic mass is 10.1. The lowest BCUT2D eigenvalue weighted by Crippen LogP contribution is -2.18. The Kier molecular flexibility index (Phi) is 4.33. The Morgan fingerprint density at radius 3 is 2.89 bits per heavy atom. The van der Waals surface area contributed by atoms with Crippen LogP contribution in [-0.4, -0.2) is 6.04 Å². The zero-order valence-corrected chi connectivity index (χ0v) is 11.0. The average molecular weight is 265 g/mol. The van der Waals surface area contributed by atoms with Gasteiger partial charge in [0.2, 0.25) is 0 Å². The molecule has 0 aliphatic rings. The fourth-order valence-corrected chi connectivity index (χ4v) is 2.41. The maximum atomic E-state index is 13.8. The number of hydrogen-bond donors (Lipinski definition) is 1. The van der Waals surface area contributed by atoms with E-state index in [-0.39, 0.29) is 11.9 Å². The van der Waals surface area contributed by atoms with Crippen LogP contribution in [0.1, 0.15) is 18.1 Å². The van der Waals surface area contributed by atoms with Gasteiger partial charge in [-0.1, -0.05) is 12.1 Å². The predicted octanol–water partition coefficient (Wildman–Crippen LogP) is 3.36. The second kappa shape index (κ2) is 5.98. The van der Waals surface area contributed by atoms with E-state index in [4.69, 9.17) is 10.5 Å². The van der Waals surface area contributed by atoms with Crippen molar-refractivity contribution in [3.63, 3.8) is 0 Å². The first-order valence-corrected chi connectivity index (χ1v) is 6.78. The lowest BCUT2D eigenvalue weighted by Gasteiger charge is -2.13. The minimum atomic E-state index is -0.330. The maximum absolute atomic E-state index is 13.8. The summed E-state index contributed by atoms with van der Waals surface area (Å²) in [6, 6.07) is 6.90. The molecule has 1 aromatic carbocycles. The molecule has 0 spiro atoms. The summed E-state index contributed by atoms with van der Waals surface area (Å²) in [6.07, 6.45) is 0.608. The standard InChI is InChI=1S/C14H16FNOS/c1-10(16)7-12-3-2-4-13(15)14(12)17-8-11-5-6-18-9-11/h2-6,9-10H,7-8,16H2,1H3. The Balaban J connectivity index is 2.14. The molecule has 0 fully saturated rings. The normalized spacial score (nSPS) is 12.4. The first kappa shape index (κ1) is 13.1. The molecule has 2 rings (SSSR count). The Bertz CT molecular complexity index is 497. The van der Waals surface area contributed by atoms with Gasteiger partial charge in [0.25, 0.3) is 0 Å². The molecule has 0 saturated heterocycles. The van der Waals surface area contributed by atoms with Crippen molar-refractivity contribution < 1.29 is 9.13 Å². The monoisotopic (exact) mass is 265 g/mol. The fraction of sp³-hybridized carbons (Fsp3) is 0.286. The van der Waals surface area contributed by atoms with Gasteiger partial charge in [0.05, 0.1) is 0 Å². The molecule has 0 aliphatic heterocycles. The van der Waals surface area contributed by atoms with E-state index in [2.05, 4.69) is 0 Å². The van der Waals surface area contributed by atoms with Crippen molar-refractivity contribution in [1.29, 1.82) is 0 Å². The highest BCUT2D eigenvalue weighted by Gasteiger charge is 2.11. The van der Waals surface area contributed by atoms with E-state index < -0.39 is 0 Å². The molecule has 18 heavy (non-hydrogen) atoms. The number of rotatable bonds is 5. The van der Waals surface area contributed by atoms with Crippen molar-refractivity contribution in [3.8, 4) is 5.75 Å². The van der Waals surface area contributed by atoms with Gasteiger partial charge >= 0.3 is 0 Å². The average Bonchev–Trinajstić information content (AvgIpc) is 2.80. The van der Waals surface area contributed by atoms with Crippen molar-refractivity contribution in [2.45, 2.75) is 26.0 Å². The topological polar surface area (TPSA) is 35.2 Å². The SMILES string of the molecule is CC(N)Cc1cccc(F)c1OCc1ccsc1. The molecule has 0 radical (unpaired) electrons. The summed E-state index contributed by atoms with van der Waals surface area (Å²) in [5.74, 6) is -0.00983. The summed E-state index contributed by atoms with van der Waals surface area (Å²) < 4.78 is 19.4. The first-order valence-electron chi connectivity index (χ1n) is 5.83. The summed E-state index contributed by atoms with van der Waals surface area (Å²) in [6.45, 7) is 2.28. The van der Waals surface area contributed by atoms with E-state index in [0.29, 0.717) is 18.8 Å². The van der Waals surface area contributed by atoms with E-state index in [1.807, 2.05) is 29.8 Å². The molecule has 1 unspecified atom stereocenters. The largest absolute Gasteiger partial charge is 0.486 e. The Morgan fingerprint density at radius 1 is 1.39 bits per heavy atom. The molecule has 0 saturated carbocycles. The van der Waals surface area contributed by atoms with Crippen LogP contribution in [0.4, 0.5) is 4.39 Å².